The molecule has 2 fully saturated rings. The van der Waals surface area contributed by atoms with Crippen molar-refractivity contribution in [1.82, 2.24) is 24.9 Å². The highest BCUT2D eigenvalue weighted by atomic mass is 127. The summed E-state index contributed by atoms with van der Waals surface area (Å²) >= 11 is 0. The molecule has 1 aliphatic carbocycles. The summed E-state index contributed by atoms with van der Waals surface area (Å²) in [5.74, 6) is 1.65. The number of aromatic nitrogens is 2. The molecule has 2 aliphatic rings. The van der Waals surface area contributed by atoms with E-state index in [2.05, 4.69) is 26.5 Å². The summed E-state index contributed by atoms with van der Waals surface area (Å²) in [5, 5.41) is 7.81. The second kappa shape index (κ2) is 9.25. The molecule has 1 aromatic rings. The number of rotatable bonds is 4. The smallest absolute Gasteiger partial charge is 0.230 e. The first-order valence-electron chi connectivity index (χ1n) is 9.61. The van der Waals surface area contributed by atoms with Gasteiger partial charge in [-0.3, -0.25) is 14.5 Å². The number of hydrogen-bond acceptors (Lipinski definition) is 3. The van der Waals surface area contributed by atoms with Gasteiger partial charge in [0, 0.05) is 59.9 Å². The van der Waals surface area contributed by atoms with Crippen LogP contribution in [-0.4, -0.2) is 72.2 Å². The molecule has 152 valence electrons. The first-order valence-corrected chi connectivity index (χ1v) is 9.61. The third-order valence-electron chi connectivity index (χ3n) is 5.90. The zero-order valence-electron chi connectivity index (χ0n) is 16.9. The van der Waals surface area contributed by atoms with Gasteiger partial charge in [0.15, 0.2) is 5.96 Å². The summed E-state index contributed by atoms with van der Waals surface area (Å²) in [6.07, 6.45) is 9.37. The maximum atomic E-state index is 12.8. The van der Waals surface area contributed by atoms with Gasteiger partial charge in [-0.2, -0.15) is 5.10 Å². The number of nitrogens with zero attached hydrogens (tertiary/aromatic N) is 5. The minimum atomic E-state index is -0.276. The van der Waals surface area contributed by atoms with Crippen LogP contribution in [0.4, 0.5) is 0 Å². The number of amides is 1. The molecular formula is C19H33IN6O. The first-order chi connectivity index (χ1) is 12.4. The monoisotopic (exact) mass is 488 g/mol. The van der Waals surface area contributed by atoms with Crippen LogP contribution in [0.15, 0.2) is 17.4 Å². The Morgan fingerprint density at radius 2 is 2.11 bits per heavy atom. The Bertz CT molecular complexity index is 665. The van der Waals surface area contributed by atoms with Crippen molar-refractivity contribution in [3.05, 3.63) is 18.0 Å². The molecule has 1 amide bonds. The quantitative estimate of drug-likeness (QED) is 0.401. The maximum absolute atomic E-state index is 12.8. The third-order valence-corrected chi connectivity index (χ3v) is 5.90. The molecule has 1 N–H and O–H groups in total. The fourth-order valence-corrected chi connectivity index (χ4v) is 4.45. The second-order valence-corrected chi connectivity index (χ2v) is 7.97. The number of aryl methyl sites for hydroxylation is 1. The van der Waals surface area contributed by atoms with E-state index >= 15 is 0 Å². The van der Waals surface area contributed by atoms with E-state index in [0.29, 0.717) is 12.5 Å². The highest BCUT2D eigenvalue weighted by molar-refractivity contribution is 14.0. The summed E-state index contributed by atoms with van der Waals surface area (Å²) in [6.45, 7) is 2.60. The van der Waals surface area contributed by atoms with E-state index in [1.165, 1.54) is 5.56 Å². The van der Waals surface area contributed by atoms with Gasteiger partial charge in [-0.15, -0.1) is 24.0 Å². The van der Waals surface area contributed by atoms with E-state index in [4.69, 9.17) is 0 Å². The van der Waals surface area contributed by atoms with Gasteiger partial charge >= 0.3 is 0 Å². The summed E-state index contributed by atoms with van der Waals surface area (Å²) in [5.41, 5.74) is 1.02. The van der Waals surface area contributed by atoms with Crippen molar-refractivity contribution < 1.29 is 4.79 Å². The Kier molecular flexibility index (Phi) is 7.53. The van der Waals surface area contributed by atoms with Crippen molar-refractivity contribution in [2.24, 2.45) is 17.5 Å². The molecule has 0 spiro atoms. The van der Waals surface area contributed by atoms with Crippen LogP contribution in [0.2, 0.25) is 0 Å². The average Bonchev–Trinajstić information content (AvgIpc) is 3.35. The molecular weight excluding hydrogens is 455 g/mol. The fourth-order valence-electron chi connectivity index (χ4n) is 4.45. The van der Waals surface area contributed by atoms with Crippen molar-refractivity contribution >= 4 is 35.8 Å². The van der Waals surface area contributed by atoms with Crippen LogP contribution in [0.1, 0.15) is 43.6 Å². The van der Waals surface area contributed by atoms with Gasteiger partial charge in [-0.1, -0.05) is 12.8 Å². The predicted molar refractivity (Wildman–Crippen MR) is 119 cm³/mol. The Balaban J connectivity index is 0.00000261. The summed E-state index contributed by atoms with van der Waals surface area (Å²) in [6, 6.07) is 0. The van der Waals surface area contributed by atoms with E-state index in [0.717, 1.165) is 51.2 Å². The molecule has 1 aliphatic heterocycles. The lowest BCUT2D eigenvalue weighted by Crippen LogP contribution is -2.49. The van der Waals surface area contributed by atoms with E-state index in [-0.39, 0.29) is 35.3 Å². The molecule has 1 unspecified atom stereocenters. The highest BCUT2D eigenvalue weighted by Gasteiger charge is 2.42. The zero-order chi connectivity index (χ0) is 18.7. The lowest BCUT2D eigenvalue weighted by Gasteiger charge is -2.32. The first kappa shape index (κ1) is 22.0. The molecule has 1 saturated carbocycles. The molecule has 1 aromatic heterocycles. The molecule has 3 rings (SSSR count). The molecule has 8 heteroatoms. The van der Waals surface area contributed by atoms with Gasteiger partial charge in [0.25, 0.3) is 0 Å². The zero-order valence-corrected chi connectivity index (χ0v) is 19.3. The lowest BCUT2D eigenvalue weighted by atomic mass is 9.84. The van der Waals surface area contributed by atoms with Crippen molar-refractivity contribution in [3.63, 3.8) is 0 Å². The normalized spacial score (nSPS) is 21.9. The van der Waals surface area contributed by atoms with E-state index < -0.39 is 0 Å². The van der Waals surface area contributed by atoms with Crippen LogP contribution < -0.4 is 5.32 Å². The van der Waals surface area contributed by atoms with Crippen molar-refractivity contribution in [3.8, 4) is 0 Å². The van der Waals surface area contributed by atoms with Crippen LogP contribution in [0, 0.1) is 5.41 Å². The number of halogens is 1. The van der Waals surface area contributed by atoms with E-state index in [9.17, 15) is 4.79 Å². The Morgan fingerprint density at radius 3 is 2.67 bits per heavy atom. The standard InChI is InChI=1S/C19H32N6O.HI/c1-20-18(21-14-19(8-5-6-9-19)17(26)23(2)3)25-10-7-15(13-25)16-11-22-24(4)12-16;/h11-12,15H,5-10,13-14H2,1-4H3,(H,20,21);1H. The molecule has 1 saturated heterocycles. The van der Waals surface area contributed by atoms with Crippen LogP contribution >= 0.6 is 24.0 Å². The van der Waals surface area contributed by atoms with Crippen LogP contribution in [-0.2, 0) is 11.8 Å². The minimum Gasteiger partial charge on any atom is -0.355 e. The molecule has 1 atom stereocenters. The van der Waals surface area contributed by atoms with Crippen molar-refractivity contribution in [2.75, 3.05) is 40.8 Å². The Hall–Kier alpha value is -1.32. The SMILES string of the molecule is CN=C(NCC1(C(=O)N(C)C)CCCC1)N1CCC(c2cnn(C)c2)C1.I. The lowest BCUT2D eigenvalue weighted by molar-refractivity contribution is -0.138. The number of likely N-dealkylation sites (tertiary alicyclic amines) is 1. The number of carbonyl (C=O) groups excluding carboxylic acids is 1. The van der Waals surface area contributed by atoms with Gasteiger partial charge in [0.2, 0.25) is 5.91 Å². The number of carbonyl (C=O) groups is 1. The summed E-state index contributed by atoms with van der Waals surface area (Å²) in [4.78, 5) is 21.3. The van der Waals surface area contributed by atoms with Gasteiger partial charge in [0.1, 0.15) is 0 Å². The molecule has 7 nitrogen and oxygen atoms in total. The third kappa shape index (κ3) is 4.75. The van der Waals surface area contributed by atoms with Gasteiger partial charge in [-0.05, 0) is 24.8 Å². The van der Waals surface area contributed by atoms with Crippen LogP contribution in [0.5, 0.6) is 0 Å². The minimum absolute atomic E-state index is 0. The highest BCUT2D eigenvalue weighted by Crippen LogP contribution is 2.39. The summed E-state index contributed by atoms with van der Waals surface area (Å²) in [7, 11) is 7.50. The Morgan fingerprint density at radius 1 is 1.41 bits per heavy atom. The number of guanidine groups is 1. The van der Waals surface area contributed by atoms with Crippen LogP contribution in [0.25, 0.3) is 0 Å². The molecule has 27 heavy (non-hydrogen) atoms. The average molecular weight is 488 g/mol. The Labute approximate surface area is 179 Å². The van der Waals surface area contributed by atoms with Crippen LogP contribution in [0.3, 0.4) is 0 Å². The number of nitrogens with one attached hydrogen (secondary N) is 1. The number of hydrogen-bond donors (Lipinski definition) is 1. The van der Waals surface area contributed by atoms with Crippen molar-refractivity contribution in [2.45, 2.75) is 38.0 Å². The largest absolute Gasteiger partial charge is 0.355 e. The van der Waals surface area contributed by atoms with Gasteiger partial charge in [-0.25, -0.2) is 0 Å². The van der Waals surface area contributed by atoms with Gasteiger partial charge < -0.3 is 15.1 Å². The predicted octanol–water partition coefficient (Wildman–Crippen LogP) is 2.05. The molecule has 0 bridgehead atoms. The fraction of sp³-hybridized carbons (Fsp3) is 0.737. The topological polar surface area (TPSA) is 65.8 Å². The maximum Gasteiger partial charge on any atom is 0.230 e. The van der Waals surface area contributed by atoms with E-state index in [1.807, 2.05) is 39.1 Å². The van der Waals surface area contributed by atoms with Gasteiger partial charge in [0.05, 0.1) is 11.6 Å². The van der Waals surface area contributed by atoms with E-state index in [1.54, 1.807) is 4.90 Å². The summed E-state index contributed by atoms with van der Waals surface area (Å²) < 4.78 is 1.86. The number of aliphatic imine (C=N–C) groups is 1. The molecule has 0 aromatic carbocycles. The second-order valence-electron chi connectivity index (χ2n) is 7.97. The van der Waals surface area contributed by atoms with Crippen molar-refractivity contribution in [1.29, 1.82) is 0 Å². The molecule has 0 radical (unpaired) electrons. The molecule has 2 heterocycles.